The summed E-state index contributed by atoms with van der Waals surface area (Å²) in [5.74, 6) is -8.23. The fourth-order valence-electron chi connectivity index (χ4n) is 1.19. The molecular weight excluding hydrogens is 305 g/mol. The summed E-state index contributed by atoms with van der Waals surface area (Å²) in [6, 6.07) is 0. The van der Waals surface area contributed by atoms with Crippen LogP contribution in [0.4, 0.5) is 30.7 Å². The molecule has 0 aromatic carbocycles. The topological polar surface area (TPSA) is 9.23 Å². The second-order valence-corrected chi connectivity index (χ2v) is 3.77. The number of rotatable bonds is 6. The summed E-state index contributed by atoms with van der Waals surface area (Å²) >= 11 is 0. The number of hydrogen-bond donors (Lipinski definition) is 0. The van der Waals surface area contributed by atoms with Crippen molar-refractivity contribution in [2.45, 2.75) is 26.9 Å². The molecule has 0 N–H and O–H groups in total. The monoisotopic (exact) mass is 318 g/mol. The van der Waals surface area contributed by atoms with Crippen molar-refractivity contribution in [3.63, 3.8) is 0 Å². The van der Waals surface area contributed by atoms with Crippen molar-refractivity contribution in [3.05, 3.63) is 46.9 Å². The molecular formula is C13H13F7O. The average Bonchev–Trinajstić information content (AvgIpc) is 2.36. The van der Waals surface area contributed by atoms with Gasteiger partial charge in [-0.3, -0.25) is 0 Å². The molecule has 0 fully saturated rings. The van der Waals surface area contributed by atoms with Gasteiger partial charge in [0.2, 0.25) is 0 Å². The van der Waals surface area contributed by atoms with E-state index in [1.807, 2.05) is 0 Å². The van der Waals surface area contributed by atoms with Gasteiger partial charge in [-0.05, 0) is 26.8 Å². The van der Waals surface area contributed by atoms with Crippen LogP contribution in [0.1, 0.15) is 20.8 Å². The standard InChI is InChI=1S/C13H13F7O/c1-4-9(16)11(7(2)14)13(19,20)21-6-5-10(17)12(18)8(3)15/h4-5H,6H2,1-3H3/b9-4+,10-5+,11-7-,12-8-. The van der Waals surface area contributed by atoms with Crippen molar-refractivity contribution >= 4 is 0 Å². The molecule has 0 aromatic rings. The van der Waals surface area contributed by atoms with Crippen molar-refractivity contribution in [1.29, 1.82) is 0 Å². The van der Waals surface area contributed by atoms with Gasteiger partial charge in [0, 0.05) is 0 Å². The maximum atomic E-state index is 13.5. The van der Waals surface area contributed by atoms with E-state index in [0.29, 0.717) is 19.9 Å². The number of ether oxygens (including phenoxy) is 1. The molecule has 0 aromatic heterocycles. The number of alkyl halides is 2. The van der Waals surface area contributed by atoms with E-state index in [0.717, 1.165) is 6.92 Å². The van der Waals surface area contributed by atoms with E-state index in [9.17, 15) is 30.7 Å². The van der Waals surface area contributed by atoms with Crippen molar-refractivity contribution in [2.24, 2.45) is 0 Å². The van der Waals surface area contributed by atoms with Crippen LogP contribution in [-0.2, 0) is 4.74 Å². The summed E-state index contributed by atoms with van der Waals surface area (Å²) < 4.78 is 94.8. The van der Waals surface area contributed by atoms with Crippen LogP contribution in [0.3, 0.4) is 0 Å². The lowest BCUT2D eigenvalue weighted by molar-refractivity contribution is -0.202. The molecule has 0 heterocycles. The Bertz CT molecular complexity index is 493. The first-order chi connectivity index (χ1) is 9.54. The Hall–Kier alpha value is -1.57. The van der Waals surface area contributed by atoms with E-state index in [1.165, 1.54) is 0 Å². The summed E-state index contributed by atoms with van der Waals surface area (Å²) in [6.45, 7) is 1.03. The van der Waals surface area contributed by atoms with Crippen LogP contribution in [0, 0.1) is 0 Å². The molecule has 0 aliphatic heterocycles. The highest BCUT2D eigenvalue weighted by Crippen LogP contribution is 2.35. The maximum absolute atomic E-state index is 13.5. The molecule has 8 heteroatoms. The van der Waals surface area contributed by atoms with Crippen molar-refractivity contribution < 1.29 is 35.5 Å². The Kier molecular flexibility index (Phi) is 7.42. The van der Waals surface area contributed by atoms with E-state index in [1.54, 1.807) is 0 Å². The maximum Gasteiger partial charge on any atom is 0.388 e. The lowest BCUT2D eigenvalue weighted by Gasteiger charge is -2.18. The normalized spacial score (nSPS) is 16.7. The molecule has 0 spiro atoms. The van der Waals surface area contributed by atoms with Gasteiger partial charge in [0.1, 0.15) is 23.1 Å². The van der Waals surface area contributed by atoms with E-state index < -0.39 is 47.4 Å². The zero-order valence-electron chi connectivity index (χ0n) is 11.4. The van der Waals surface area contributed by atoms with Gasteiger partial charge in [-0.2, -0.15) is 8.78 Å². The molecule has 0 amide bonds. The summed E-state index contributed by atoms with van der Waals surface area (Å²) in [4.78, 5) is 0. The van der Waals surface area contributed by atoms with Gasteiger partial charge in [0.15, 0.2) is 11.7 Å². The van der Waals surface area contributed by atoms with Crippen LogP contribution in [0.25, 0.3) is 0 Å². The van der Waals surface area contributed by atoms with Gasteiger partial charge in [-0.1, -0.05) is 6.08 Å². The number of hydrogen-bond acceptors (Lipinski definition) is 1. The summed E-state index contributed by atoms with van der Waals surface area (Å²) in [5, 5.41) is 0. The van der Waals surface area contributed by atoms with Crippen molar-refractivity contribution in [3.8, 4) is 0 Å². The van der Waals surface area contributed by atoms with E-state index in [2.05, 4.69) is 4.74 Å². The molecule has 1 nitrogen and oxygen atoms in total. The minimum atomic E-state index is -4.41. The molecule has 0 aliphatic carbocycles. The first-order valence-electron chi connectivity index (χ1n) is 5.63. The lowest BCUT2D eigenvalue weighted by Crippen LogP contribution is -2.25. The third-order valence-electron chi connectivity index (χ3n) is 2.17. The third-order valence-corrected chi connectivity index (χ3v) is 2.17. The third kappa shape index (κ3) is 5.74. The molecule has 0 rings (SSSR count). The van der Waals surface area contributed by atoms with Gasteiger partial charge in [-0.25, -0.2) is 22.0 Å². The van der Waals surface area contributed by atoms with Gasteiger partial charge in [0.25, 0.3) is 0 Å². The Labute approximate surface area is 117 Å². The second kappa shape index (κ2) is 8.02. The van der Waals surface area contributed by atoms with E-state index in [-0.39, 0.29) is 6.08 Å². The highest BCUT2D eigenvalue weighted by molar-refractivity contribution is 5.31. The highest BCUT2D eigenvalue weighted by atomic mass is 19.3. The van der Waals surface area contributed by atoms with Crippen molar-refractivity contribution in [1.82, 2.24) is 0 Å². The molecule has 120 valence electrons. The fourth-order valence-corrected chi connectivity index (χ4v) is 1.19. The first-order valence-corrected chi connectivity index (χ1v) is 5.63. The highest BCUT2D eigenvalue weighted by Gasteiger charge is 2.40. The Morgan fingerprint density at radius 1 is 0.952 bits per heavy atom. The zero-order chi connectivity index (χ0) is 16.8. The minimum Gasteiger partial charge on any atom is -0.312 e. The molecule has 0 aliphatic rings. The summed E-state index contributed by atoms with van der Waals surface area (Å²) in [6.07, 6.45) is -3.65. The van der Waals surface area contributed by atoms with Crippen LogP contribution >= 0.6 is 0 Å². The van der Waals surface area contributed by atoms with E-state index in [4.69, 9.17) is 0 Å². The molecule has 0 saturated carbocycles. The summed E-state index contributed by atoms with van der Waals surface area (Å²) in [5.41, 5.74) is -1.66. The molecule has 0 saturated heterocycles. The number of halogens is 7. The molecule has 21 heavy (non-hydrogen) atoms. The first kappa shape index (κ1) is 19.4. The quantitative estimate of drug-likeness (QED) is 0.448. The van der Waals surface area contributed by atoms with Gasteiger partial charge in [0.05, 0.1) is 6.61 Å². The summed E-state index contributed by atoms with van der Waals surface area (Å²) in [7, 11) is 0. The van der Waals surface area contributed by atoms with Crippen LogP contribution in [0.2, 0.25) is 0 Å². The second-order valence-electron chi connectivity index (χ2n) is 3.77. The smallest absolute Gasteiger partial charge is 0.312 e. The predicted molar refractivity (Wildman–Crippen MR) is 63.7 cm³/mol. The molecule has 0 atom stereocenters. The van der Waals surface area contributed by atoms with E-state index >= 15 is 0 Å². The minimum absolute atomic E-state index is 0.172. The Morgan fingerprint density at radius 2 is 1.48 bits per heavy atom. The van der Waals surface area contributed by atoms with Crippen LogP contribution in [0.5, 0.6) is 0 Å². The molecule has 0 radical (unpaired) electrons. The SMILES string of the molecule is C/C=C(F)\C(=C(/C)F)C(F)(F)OC/C=C(F)\C(F)=C(/C)F. The Morgan fingerprint density at radius 3 is 1.86 bits per heavy atom. The average molecular weight is 318 g/mol. The fraction of sp³-hybridized carbons (Fsp3) is 0.385. The van der Waals surface area contributed by atoms with Crippen LogP contribution in [0.15, 0.2) is 46.9 Å². The molecule has 0 bridgehead atoms. The van der Waals surface area contributed by atoms with Crippen molar-refractivity contribution in [2.75, 3.05) is 6.61 Å². The Balaban J connectivity index is 5.13. The van der Waals surface area contributed by atoms with Gasteiger partial charge >= 0.3 is 6.11 Å². The molecule has 0 unspecified atom stereocenters. The lowest BCUT2D eigenvalue weighted by atomic mass is 10.2. The number of allylic oxidation sites excluding steroid dienone is 5. The van der Waals surface area contributed by atoms with Crippen LogP contribution in [-0.4, -0.2) is 12.7 Å². The predicted octanol–water partition coefficient (Wildman–Crippen LogP) is 5.74. The zero-order valence-corrected chi connectivity index (χ0v) is 11.4. The largest absolute Gasteiger partial charge is 0.388 e. The van der Waals surface area contributed by atoms with Gasteiger partial charge in [-0.15, -0.1) is 0 Å². The van der Waals surface area contributed by atoms with Crippen LogP contribution < -0.4 is 0 Å². The van der Waals surface area contributed by atoms with Gasteiger partial charge < -0.3 is 4.74 Å².